The van der Waals surface area contributed by atoms with E-state index in [1.807, 2.05) is 4.90 Å². The molecule has 0 N–H and O–H groups in total. The average molecular weight is 437 g/mol. The van der Waals surface area contributed by atoms with Crippen molar-refractivity contribution in [3.8, 4) is 0 Å². The molecule has 2 aliphatic rings. The molecule has 2 aliphatic heterocycles. The van der Waals surface area contributed by atoms with Crippen LogP contribution < -0.4 is 9.80 Å². The molecular weight excluding hydrogens is 404 g/mol. The molecule has 0 radical (unpaired) electrons. The number of amides is 1. The molecule has 1 amide bonds. The summed E-state index contributed by atoms with van der Waals surface area (Å²) in [6.45, 7) is 8.62. The van der Waals surface area contributed by atoms with Crippen LogP contribution in [0.4, 0.5) is 17.1 Å². The number of nitro benzene ring substituents is 1. The molecule has 2 aromatic carbocycles. The van der Waals surface area contributed by atoms with Crippen LogP contribution in [-0.4, -0.2) is 55.0 Å². The van der Waals surface area contributed by atoms with Crippen molar-refractivity contribution in [2.45, 2.75) is 39.5 Å². The number of carbonyl (C=O) groups is 1. The molecule has 0 atom stereocenters. The number of nitrogens with zero attached hydrogens (tertiary/aromatic N) is 4. The summed E-state index contributed by atoms with van der Waals surface area (Å²) in [5.41, 5.74) is 4.81. The normalized spacial score (nSPS) is 17.2. The third-order valence-corrected chi connectivity index (χ3v) is 6.85. The second kappa shape index (κ2) is 9.59. The van der Waals surface area contributed by atoms with Gasteiger partial charge in [0.1, 0.15) is 5.69 Å². The van der Waals surface area contributed by atoms with E-state index in [0.717, 1.165) is 51.9 Å². The highest BCUT2D eigenvalue weighted by atomic mass is 16.6. The number of carbonyl (C=O) groups excluding carboxylic acids is 1. The first-order chi connectivity index (χ1) is 15.5. The lowest BCUT2D eigenvalue weighted by Crippen LogP contribution is -2.49. The fourth-order valence-electron chi connectivity index (χ4n) is 4.79. The van der Waals surface area contributed by atoms with Crippen molar-refractivity contribution < 1.29 is 9.72 Å². The van der Waals surface area contributed by atoms with Gasteiger partial charge in [-0.2, -0.15) is 0 Å². The Hall–Kier alpha value is -3.09. The quantitative estimate of drug-likeness (QED) is 0.519. The standard InChI is InChI=1S/C25H32N4O3/c1-19-8-7-9-22(20(19)2)27-14-16-28(17-15-27)25(30)21-10-11-23(24(18-21)29(31)32)26-12-5-3-4-6-13-26/h7-11,18H,3-6,12-17H2,1-2H3. The van der Waals surface area contributed by atoms with E-state index in [-0.39, 0.29) is 16.5 Å². The minimum Gasteiger partial charge on any atom is -0.368 e. The Kier molecular flexibility index (Phi) is 6.63. The number of hydrogen-bond acceptors (Lipinski definition) is 5. The van der Waals surface area contributed by atoms with Crippen LogP contribution in [0.2, 0.25) is 0 Å². The van der Waals surface area contributed by atoms with E-state index < -0.39 is 0 Å². The Morgan fingerprint density at radius 2 is 1.50 bits per heavy atom. The van der Waals surface area contributed by atoms with Crippen LogP contribution in [0.1, 0.15) is 47.2 Å². The average Bonchev–Trinajstić information content (AvgIpc) is 3.10. The minimum absolute atomic E-state index is 0.0340. The summed E-state index contributed by atoms with van der Waals surface area (Å²) >= 11 is 0. The van der Waals surface area contributed by atoms with Gasteiger partial charge >= 0.3 is 0 Å². The molecule has 7 heteroatoms. The lowest BCUT2D eigenvalue weighted by molar-refractivity contribution is -0.384. The van der Waals surface area contributed by atoms with E-state index in [9.17, 15) is 14.9 Å². The van der Waals surface area contributed by atoms with Crippen LogP contribution >= 0.6 is 0 Å². The van der Waals surface area contributed by atoms with Gasteiger partial charge in [-0.05, 0) is 56.0 Å². The molecule has 7 nitrogen and oxygen atoms in total. The van der Waals surface area contributed by atoms with E-state index in [2.05, 4.69) is 41.8 Å². The highest BCUT2D eigenvalue weighted by molar-refractivity contribution is 5.96. The summed E-state index contributed by atoms with van der Waals surface area (Å²) in [5.74, 6) is -0.129. The summed E-state index contributed by atoms with van der Waals surface area (Å²) in [6.07, 6.45) is 4.41. The van der Waals surface area contributed by atoms with Gasteiger partial charge < -0.3 is 14.7 Å². The molecule has 2 heterocycles. The summed E-state index contributed by atoms with van der Waals surface area (Å²) < 4.78 is 0. The second-order valence-electron chi connectivity index (χ2n) is 8.86. The van der Waals surface area contributed by atoms with E-state index in [1.165, 1.54) is 22.9 Å². The van der Waals surface area contributed by atoms with Gasteiger partial charge in [0.2, 0.25) is 0 Å². The van der Waals surface area contributed by atoms with Gasteiger partial charge in [0, 0.05) is 56.6 Å². The van der Waals surface area contributed by atoms with Gasteiger partial charge in [-0.15, -0.1) is 0 Å². The molecule has 2 fully saturated rings. The molecular formula is C25H32N4O3. The first-order valence-electron chi connectivity index (χ1n) is 11.6. The monoisotopic (exact) mass is 436 g/mol. The molecule has 32 heavy (non-hydrogen) atoms. The molecule has 0 aliphatic carbocycles. The lowest BCUT2D eigenvalue weighted by Gasteiger charge is -2.37. The van der Waals surface area contributed by atoms with Gasteiger partial charge in [-0.1, -0.05) is 25.0 Å². The van der Waals surface area contributed by atoms with Crippen molar-refractivity contribution in [2.75, 3.05) is 49.1 Å². The van der Waals surface area contributed by atoms with Gasteiger partial charge in [0.15, 0.2) is 0 Å². The SMILES string of the molecule is Cc1cccc(N2CCN(C(=O)c3ccc(N4CCCCCC4)c([N+](=O)[O-])c3)CC2)c1C. The maximum Gasteiger partial charge on any atom is 0.293 e. The van der Waals surface area contributed by atoms with Gasteiger partial charge in [0.25, 0.3) is 11.6 Å². The molecule has 0 bridgehead atoms. The fourth-order valence-corrected chi connectivity index (χ4v) is 4.79. The Labute approximate surface area is 189 Å². The third-order valence-electron chi connectivity index (χ3n) is 6.85. The van der Waals surface area contributed by atoms with E-state index in [1.54, 1.807) is 12.1 Å². The maximum atomic E-state index is 13.2. The van der Waals surface area contributed by atoms with Crippen LogP contribution in [-0.2, 0) is 0 Å². The smallest absolute Gasteiger partial charge is 0.293 e. The van der Waals surface area contributed by atoms with E-state index in [0.29, 0.717) is 24.3 Å². The summed E-state index contributed by atoms with van der Waals surface area (Å²) in [4.78, 5) is 30.8. The number of benzene rings is 2. The van der Waals surface area contributed by atoms with Crippen molar-refractivity contribution in [3.63, 3.8) is 0 Å². The van der Waals surface area contributed by atoms with Crippen molar-refractivity contribution in [2.24, 2.45) is 0 Å². The number of rotatable bonds is 4. The predicted molar refractivity (Wildman–Crippen MR) is 128 cm³/mol. The maximum absolute atomic E-state index is 13.2. The van der Waals surface area contributed by atoms with Crippen LogP contribution in [0.15, 0.2) is 36.4 Å². The molecule has 0 aromatic heterocycles. The minimum atomic E-state index is -0.352. The second-order valence-corrected chi connectivity index (χ2v) is 8.86. The van der Waals surface area contributed by atoms with Gasteiger partial charge in [-0.3, -0.25) is 14.9 Å². The summed E-state index contributed by atoms with van der Waals surface area (Å²) in [5, 5.41) is 11.8. The highest BCUT2D eigenvalue weighted by Gasteiger charge is 2.27. The first kappa shape index (κ1) is 22.1. The Bertz CT molecular complexity index is 991. The highest BCUT2D eigenvalue weighted by Crippen LogP contribution is 2.32. The van der Waals surface area contributed by atoms with E-state index in [4.69, 9.17) is 0 Å². The van der Waals surface area contributed by atoms with Crippen LogP contribution in [0, 0.1) is 24.0 Å². The topological polar surface area (TPSA) is 69.9 Å². The molecule has 2 saturated heterocycles. The van der Waals surface area contributed by atoms with E-state index >= 15 is 0 Å². The van der Waals surface area contributed by atoms with Crippen molar-refractivity contribution in [3.05, 3.63) is 63.2 Å². The van der Waals surface area contributed by atoms with Crippen molar-refractivity contribution >= 4 is 23.0 Å². The zero-order chi connectivity index (χ0) is 22.7. The van der Waals surface area contributed by atoms with Crippen LogP contribution in [0.3, 0.4) is 0 Å². The molecule has 4 rings (SSSR count). The first-order valence-corrected chi connectivity index (χ1v) is 11.6. The molecule has 0 unspecified atom stereocenters. The van der Waals surface area contributed by atoms with Crippen LogP contribution in [0.5, 0.6) is 0 Å². The Morgan fingerprint density at radius 3 is 2.16 bits per heavy atom. The van der Waals surface area contributed by atoms with Crippen molar-refractivity contribution in [1.82, 2.24) is 4.90 Å². The Morgan fingerprint density at radius 1 is 0.844 bits per heavy atom. The molecule has 2 aromatic rings. The number of anilines is 2. The summed E-state index contributed by atoms with van der Waals surface area (Å²) in [6, 6.07) is 11.3. The lowest BCUT2D eigenvalue weighted by atomic mass is 10.1. The molecule has 0 saturated carbocycles. The largest absolute Gasteiger partial charge is 0.368 e. The van der Waals surface area contributed by atoms with Crippen molar-refractivity contribution in [1.29, 1.82) is 0 Å². The van der Waals surface area contributed by atoms with Crippen LogP contribution in [0.25, 0.3) is 0 Å². The van der Waals surface area contributed by atoms with Gasteiger partial charge in [-0.25, -0.2) is 0 Å². The molecule has 0 spiro atoms. The van der Waals surface area contributed by atoms with Gasteiger partial charge in [0.05, 0.1) is 4.92 Å². The third kappa shape index (κ3) is 4.56. The number of nitro groups is 1. The predicted octanol–water partition coefficient (Wildman–Crippen LogP) is 4.55. The Balaban J connectivity index is 1.48. The molecule has 170 valence electrons. The number of piperazine rings is 1. The summed E-state index contributed by atoms with van der Waals surface area (Å²) in [7, 11) is 0. The number of hydrogen-bond donors (Lipinski definition) is 0. The zero-order valence-electron chi connectivity index (χ0n) is 19.0. The fraction of sp³-hybridized carbons (Fsp3) is 0.480. The number of aryl methyl sites for hydroxylation is 1. The zero-order valence-corrected chi connectivity index (χ0v) is 19.0.